The van der Waals surface area contributed by atoms with Crippen LogP contribution in [0.2, 0.25) is 5.02 Å². The van der Waals surface area contributed by atoms with Crippen LogP contribution < -0.4 is 10.1 Å². The Morgan fingerprint density at radius 2 is 1.94 bits per heavy atom. The molecule has 1 N–H and O–H groups in total. The molecule has 170 valence electrons. The van der Waals surface area contributed by atoms with Crippen molar-refractivity contribution < 1.29 is 14.3 Å². The van der Waals surface area contributed by atoms with Crippen molar-refractivity contribution >= 4 is 29.3 Å². The molecular formula is C24H29ClN4O3. The van der Waals surface area contributed by atoms with Crippen LogP contribution >= 0.6 is 11.6 Å². The van der Waals surface area contributed by atoms with Crippen LogP contribution in [-0.2, 0) is 4.79 Å². The Morgan fingerprint density at radius 1 is 1.22 bits per heavy atom. The highest BCUT2D eigenvalue weighted by molar-refractivity contribution is 6.31. The minimum atomic E-state index is -0.403. The van der Waals surface area contributed by atoms with Crippen molar-refractivity contribution in [1.82, 2.24) is 15.2 Å². The molecule has 3 amide bonds. The molecule has 7 nitrogen and oxygen atoms in total. The molecule has 0 unspecified atom stereocenters. The molecule has 8 heteroatoms. The maximum Gasteiger partial charge on any atom is 0.318 e. The van der Waals surface area contributed by atoms with Crippen molar-refractivity contribution in [2.75, 3.05) is 20.7 Å². The highest BCUT2D eigenvalue weighted by atomic mass is 35.5. The normalized spacial score (nSPS) is 15.9. The lowest BCUT2D eigenvalue weighted by molar-refractivity contribution is -0.133. The lowest BCUT2D eigenvalue weighted by Crippen LogP contribution is -2.49. The van der Waals surface area contributed by atoms with Crippen molar-refractivity contribution in [3.05, 3.63) is 64.7 Å². The number of carbonyl (C=O) groups is 2. The van der Waals surface area contributed by atoms with Crippen LogP contribution in [0.3, 0.4) is 0 Å². The van der Waals surface area contributed by atoms with Crippen molar-refractivity contribution in [3.8, 4) is 5.75 Å². The van der Waals surface area contributed by atoms with Crippen molar-refractivity contribution in [3.63, 3.8) is 0 Å². The lowest BCUT2D eigenvalue weighted by atomic mass is 9.98. The molecule has 32 heavy (non-hydrogen) atoms. The summed E-state index contributed by atoms with van der Waals surface area (Å²) in [5.74, 6) is 0.419. The number of urea groups is 1. The predicted molar refractivity (Wildman–Crippen MR) is 126 cm³/mol. The average molecular weight is 457 g/mol. The molecule has 2 aromatic rings. The van der Waals surface area contributed by atoms with Gasteiger partial charge in [0.1, 0.15) is 12.3 Å². The molecule has 2 aromatic carbocycles. The number of likely N-dealkylation sites (N-methyl/N-ethyl adjacent to an activating group) is 1. The number of amides is 3. The second-order valence-corrected chi connectivity index (χ2v) is 9.20. The number of methoxy groups -OCH3 is 1. The molecule has 0 saturated heterocycles. The van der Waals surface area contributed by atoms with Crippen molar-refractivity contribution in [1.29, 1.82) is 0 Å². The molecule has 0 saturated carbocycles. The van der Waals surface area contributed by atoms with Gasteiger partial charge in [0, 0.05) is 29.6 Å². The van der Waals surface area contributed by atoms with E-state index in [1.165, 1.54) is 9.91 Å². The second kappa shape index (κ2) is 9.61. The first-order valence-electron chi connectivity index (χ1n) is 10.4. The fourth-order valence-corrected chi connectivity index (χ4v) is 3.73. The molecule has 1 aliphatic rings. The van der Waals surface area contributed by atoms with Gasteiger partial charge in [0.25, 0.3) is 5.91 Å². The molecule has 1 atom stereocenters. The summed E-state index contributed by atoms with van der Waals surface area (Å²) >= 11 is 6.46. The first-order valence-corrected chi connectivity index (χ1v) is 10.8. The highest BCUT2D eigenvalue weighted by Crippen LogP contribution is 2.36. The van der Waals surface area contributed by atoms with Crippen LogP contribution in [-0.4, -0.2) is 53.8 Å². The number of hydrazone groups is 1. The number of ether oxygens (including phenoxy) is 1. The Bertz CT molecular complexity index is 1030. The number of benzene rings is 2. The Labute approximate surface area is 194 Å². The maximum atomic E-state index is 13.3. The first-order chi connectivity index (χ1) is 15.1. The topological polar surface area (TPSA) is 74.2 Å². The number of carbonyl (C=O) groups excluding carboxylic acids is 2. The summed E-state index contributed by atoms with van der Waals surface area (Å²) in [4.78, 5) is 27.1. The summed E-state index contributed by atoms with van der Waals surface area (Å²) in [6.45, 7) is 5.55. The van der Waals surface area contributed by atoms with Gasteiger partial charge in [0.15, 0.2) is 0 Å². The van der Waals surface area contributed by atoms with Crippen LogP contribution in [0.15, 0.2) is 53.6 Å². The number of nitrogens with zero attached hydrogens (tertiary/aromatic N) is 3. The van der Waals surface area contributed by atoms with Gasteiger partial charge in [0.05, 0.1) is 18.9 Å². The van der Waals surface area contributed by atoms with E-state index in [-0.39, 0.29) is 24.5 Å². The van der Waals surface area contributed by atoms with Crippen LogP contribution in [0.4, 0.5) is 4.79 Å². The van der Waals surface area contributed by atoms with E-state index in [0.29, 0.717) is 17.2 Å². The third-order valence-corrected chi connectivity index (χ3v) is 5.38. The van der Waals surface area contributed by atoms with E-state index in [1.807, 2.05) is 63.2 Å². The van der Waals surface area contributed by atoms with Crippen LogP contribution in [0.25, 0.3) is 0 Å². The van der Waals surface area contributed by atoms with Crippen LogP contribution in [0.5, 0.6) is 5.75 Å². The number of halogens is 1. The Kier molecular flexibility index (Phi) is 7.09. The minimum Gasteiger partial charge on any atom is -0.497 e. The Balaban J connectivity index is 1.89. The molecule has 0 aromatic heterocycles. The summed E-state index contributed by atoms with van der Waals surface area (Å²) in [6, 6.07) is 14.3. The number of nitrogens with one attached hydrogen (secondary N) is 1. The summed E-state index contributed by atoms with van der Waals surface area (Å²) < 4.78 is 5.33. The summed E-state index contributed by atoms with van der Waals surface area (Å²) in [5.41, 5.74) is 2.03. The zero-order chi connectivity index (χ0) is 23.5. The largest absolute Gasteiger partial charge is 0.497 e. The molecule has 1 heterocycles. The van der Waals surface area contributed by atoms with Crippen LogP contribution in [0, 0.1) is 0 Å². The Hall–Kier alpha value is -3.06. The molecule has 0 spiro atoms. The van der Waals surface area contributed by atoms with E-state index in [9.17, 15) is 9.59 Å². The average Bonchev–Trinajstić information content (AvgIpc) is 3.18. The van der Waals surface area contributed by atoms with Gasteiger partial charge >= 0.3 is 6.03 Å². The molecular weight excluding hydrogens is 428 g/mol. The van der Waals surface area contributed by atoms with Gasteiger partial charge in [-0.15, -0.1) is 0 Å². The molecule has 3 rings (SSSR count). The monoisotopic (exact) mass is 456 g/mol. The first kappa shape index (κ1) is 23.6. The van der Waals surface area contributed by atoms with Crippen molar-refractivity contribution in [2.45, 2.75) is 38.8 Å². The van der Waals surface area contributed by atoms with Gasteiger partial charge < -0.3 is 15.0 Å². The zero-order valence-electron chi connectivity index (χ0n) is 19.1. The summed E-state index contributed by atoms with van der Waals surface area (Å²) in [7, 11) is 3.20. The van der Waals surface area contributed by atoms with E-state index in [1.54, 1.807) is 20.2 Å². The number of rotatable bonds is 5. The Morgan fingerprint density at radius 3 is 2.59 bits per heavy atom. The predicted octanol–water partition coefficient (Wildman–Crippen LogP) is 4.47. The molecule has 0 aliphatic carbocycles. The summed E-state index contributed by atoms with van der Waals surface area (Å²) in [5, 5.41) is 9.51. The molecule has 0 radical (unpaired) electrons. The van der Waals surface area contributed by atoms with E-state index >= 15 is 0 Å². The third kappa shape index (κ3) is 5.59. The maximum absolute atomic E-state index is 13.3. The van der Waals surface area contributed by atoms with Gasteiger partial charge in [-0.25, -0.2) is 9.80 Å². The smallest absolute Gasteiger partial charge is 0.318 e. The van der Waals surface area contributed by atoms with Gasteiger partial charge in [-0.05, 0) is 44.5 Å². The summed E-state index contributed by atoms with van der Waals surface area (Å²) in [6.07, 6.45) is 0.501. The van der Waals surface area contributed by atoms with Gasteiger partial charge in [-0.2, -0.15) is 5.10 Å². The molecule has 0 bridgehead atoms. The van der Waals surface area contributed by atoms with Crippen LogP contribution in [0.1, 0.15) is 44.4 Å². The zero-order valence-corrected chi connectivity index (χ0v) is 19.8. The second-order valence-electron chi connectivity index (χ2n) is 8.79. The molecule has 0 fully saturated rings. The van der Waals surface area contributed by atoms with Gasteiger partial charge in [-0.1, -0.05) is 41.9 Å². The van der Waals surface area contributed by atoms with E-state index in [4.69, 9.17) is 16.3 Å². The van der Waals surface area contributed by atoms with E-state index < -0.39 is 5.54 Å². The SMILES string of the molecule is COc1cccc(C2=NN(C(=O)CN(C)C(=O)NC(C)(C)C)[C@@H](c3ccccc3Cl)C2)c1. The standard InChI is InChI=1S/C24H29ClN4O3/c1-24(2,3)26-23(31)28(4)15-22(30)29-21(18-11-6-7-12-19(18)25)14-20(27-29)16-9-8-10-17(13-16)32-5/h6-13,21H,14-15H2,1-5H3,(H,26,31)/t21-/m1/s1. The fraction of sp³-hybridized carbons (Fsp3) is 0.375. The quantitative estimate of drug-likeness (QED) is 0.721. The lowest BCUT2D eigenvalue weighted by Gasteiger charge is -2.28. The van der Waals surface area contributed by atoms with E-state index in [0.717, 1.165) is 16.8 Å². The van der Waals surface area contributed by atoms with Gasteiger partial charge in [-0.3, -0.25) is 4.79 Å². The highest BCUT2D eigenvalue weighted by Gasteiger charge is 2.35. The molecule has 1 aliphatic heterocycles. The minimum absolute atomic E-state index is 0.113. The van der Waals surface area contributed by atoms with E-state index in [2.05, 4.69) is 10.4 Å². The number of hydrogen-bond donors (Lipinski definition) is 1. The fourth-order valence-electron chi connectivity index (χ4n) is 3.47. The van der Waals surface area contributed by atoms with Crippen molar-refractivity contribution in [2.24, 2.45) is 5.10 Å². The third-order valence-electron chi connectivity index (χ3n) is 5.03. The van der Waals surface area contributed by atoms with Gasteiger partial charge in [0.2, 0.25) is 0 Å². The number of hydrogen-bond acceptors (Lipinski definition) is 4.